The normalized spacial score (nSPS) is 18.1. The highest BCUT2D eigenvalue weighted by Gasteiger charge is 2.49. The van der Waals surface area contributed by atoms with E-state index >= 15 is 0 Å². The van der Waals surface area contributed by atoms with Gasteiger partial charge >= 0.3 is 11.7 Å². The molecule has 2 atom stereocenters. The van der Waals surface area contributed by atoms with Crippen LogP contribution in [0.1, 0.15) is 29.8 Å². The molecule has 2 amide bonds. The second-order valence-electron chi connectivity index (χ2n) is 8.94. The fraction of sp³-hybridized carbons (Fsp3) is 0.200. The van der Waals surface area contributed by atoms with E-state index in [9.17, 15) is 24.8 Å². The Kier molecular flexibility index (Phi) is 4.47. The fourth-order valence-corrected chi connectivity index (χ4v) is 5.37. The molecule has 10 nitrogen and oxygen atoms in total. The minimum Gasteiger partial charge on any atom is -0.493 e. The molecular weight excluding hydrogens is 450 g/mol. The molecule has 0 spiro atoms. The number of hydrogen-bond donors (Lipinski definition) is 2. The molecule has 35 heavy (non-hydrogen) atoms. The van der Waals surface area contributed by atoms with Gasteiger partial charge < -0.3 is 15.3 Å². The second-order valence-corrected chi connectivity index (χ2v) is 8.94. The summed E-state index contributed by atoms with van der Waals surface area (Å²) < 4.78 is 2.89. The van der Waals surface area contributed by atoms with Gasteiger partial charge in [0.25, 0.3) is 5.69 Å². The zero-order chi connectivity index (χ0) is 24.4. The van der Waals surface area contributed by atoms with Gasteiger partial charge in [-0.2, -0.15) is 0 Å². The number of anilines is 1. The van der Waals surface area contributed by atoms with Gasteiger partial charge in [-0.25, -0.2) is 14.2 Å². The lowest BCUT2D eigenvalue weighted by Crippen LogP contribution is -2.40. The average Bonchev–Trinajstić information content (AvgIpc) is 3.51. The molecule has 3 heterocycles. The summed E-state index contributed by atoms with van der Waals surface area (Å²) in [6.07, 6.45) is 0.524. The minimum absolute atomic E-state index is 0.0793. The summed E-state index contributed by atoms with van der Waals surface area (Å²) in [6.45, 7) is 1.93. The highest BCUT2D eigenvalue weighted by molar-refractivity contribution is 5.91. The van der Waals surface area contributed by atoms with Crippen LogP contribution in [0, 0.1) is 17.0 Å². The van der Waals surface area contributed by atoms with E-state index in [2.05, 4.69) is 5.32 Å². The third kappa shape index (κ3) is 3.03. The first-order chi connectivity index (χ1) is 16.8. The van der Waals surface area contributed by atoms with Crippen molar-refractivity contribution in [1.82, 2.24) is 14.0 Å². The first-order valence-corrected chi connectivity index (χ1v) is 11.2. The van der Waals surface area contributed by atoms with E-state index in [1.54, 1.807) is 34.6 Å². The molecule has 3 aromatic carbocycles. The maximum Gasteiger partial charge on any atom is 0.336 e. The van der Waals surface area contributed by atoms with Crippen LogP contribution < -0.4 is 11.0 Å². The van der Waals surface area contributed by atoms with E-state index in [-0.39, 0.29) is 23.3 Å². The Balaban J connectivity index is 1.35. The molecule has 1 aromatic heterocycles. The minimum atomic E-state index is -0.491. The van der Waals surface area contributed by atoms with Crippen LogP contribution in [0.15, 0.2) is 65.5 Å². The summed E-state index contributed by atoms with van der Waals surface area (Å²) in [5.41, 5.74) is 1.38. The van der Waals surface area contributed by atoms with Crippen molar-refractivity contribution in [1.29, 1.82) is 0 Å². The average molecular weight is 471 g/mol. The summed E-state index contributed by atoms with van der Waals surface area (Å²) in [5.74, 6) is -0.178. The van der Waals surface area contributed by atoms with Crippen molar-refractivity contribution in [3.05, 3.63) is 92.5 Å². The largest absolute Gasteiger partial charge is 0.493 e. The van der Waals surface area contributed by atoms with Crippen LogP contribution in [0.4, 0.5) is 16.2 Å². The second kappa shape index (κ2) is 7.45. The molecular formula is C25H21N5O5. The van der Waals surface area contributed by atoms with Crippen molar-refractivity contribution < 1.29 is 14.8 Å². The number of nitrogens with zero attached hydrogens (tertiary/aromatic N) is 4. The Morgan fingerprint density at radius 1 is 1.14 bits per heavy atom. The lowest BCUT2D eigenvalue weighted by Gasteiger charge is -2.27. The Labute approximate surface area is 198 Å². The van der Waals surface area contributed by atoms with Gasteiger partial charge in [-0.05, 0) is 30.9 Å². The maximum absolute atomic E-state index is 13.4. The van der Waals surface area contributed by atoms with Gasteiger partial charge in [0, 0.05) is 29.2 Å². The number of nitro groups is 1. The van der Waals surface area contributed by atoms with Crippen molar-refractivity contribution in [2.45, 2.75) is 25.4 Å². The van der Waals surface area contributed by atoms with Crippen LogP contribution >= 0.6 is 0 Å². The van der Waals surface area contributed by atoms with Gasteiger partial charge in [-0.15, -0.1) is 0 Å². The monoisotopic (exact) mass is 471 g/mol. The van der Waals surface area contributed by atoms with E-state index in [1.807, 2.05) is 36.4 Å². The molecule has 2 aliphatic rings. The van der Waals surface area contributed by atoms with Crippen molar-refractivity contribution >= 4 is 28.2 Å². The van der Waals surface area contributed by atoms with Crippen molar-refractivity contribution in [3.63, 3.8) is 0 Å². The van der Waals surface area contributed by atoms with Crippen LogP contribution in [0.5, 0.6) is 5.88 Å². The zero-order valence-corrected chi connectivity index (χ0v) is 18.7. The number of nitro benzene ring substituents is 1. The summed E-state index contributed by atoms with van der Waals surface area (Å²) >= 11 is 0. The molecule has 4 aromatic rings. The number of rotatable bonds is 3. The summed E-state index contributed by atoms with van der Waals surface area (Å²) in [7, 11) is 0. The highest BCUT2D eigenvalue weighted by atomic mass is 16.6. The third-order valence-corrected chi connectivity index (χ3v) is 6.98. The first-order valence-electron chi connectivity index (χ1n) is 11.2. The molecule has 2 N–H and O–H groups in total. The summed E-state index contributed by atoms with van der Waals surface area (Å²) in [6, 6.07) is 16.5. The van der Waals surface area contributed by atoms with Crippen molar-refractivity contribution in [3.8, 4) is 11.6 Å². The first kappa shape index (κ1) is 21.0. The SMILES string of the molecule is Cc1ccc(NC(=O)N2CC3CC2c2c(O)n(-c4cccc5ccccc45)c(=O)n23)cc1[N+](=O)[O-]. The van der Waals surface area contributed by atoms with Gasteiger partial charge in [-0.1, -0.05) is 42.5 Å². The molecule has 10 heteroatoms. The maximum atomic E-state index is 13.4. The Morgan fingerprint density at radius 2 is 1.91 bits per heavy atom. The number of nitrogens with one attached hydrogen (secondary N) is 1. The highest BCUT2D eigenvalue weighted by Crippen LogP contribution is 2.49. The van der Waals surface area contributed by atoms with E-state index in [0.29, 0.717) is 35.6 Å². The van der Waals surface area contributed by atoms with E-state index < -0.39 is 17.0 Å². The van der Waals surface area contributed by atoms with Crippen LogP contribution in [0.3, 0.4) is 0 Å². The predicted octanol–water partition coefficient (Wildman–Crippen LogP) is 4.25. The predicted molar refractivity (Wildman–Crippen MR) is 129 cm³/mol. The lowest BCUT2D eigenvalue weighted by molar-refractivity contribution is -0.385. The van der Waals surface area contributed by atoms with Gasteiger partial charge in [0.15, 0.2) is 0 Å². The van der Waals surface area contributed by atoms with Crippen molar-refractivity contribution in [2.75, 3.05) is 11.9 Å². The Hall–Kier alpha value is -4.60. The lowest BCUT2D eigenvalue weighted by atomic mass is 10.1. The molecule has 6 rings (SSSR count). The summed E-state index contributed by atoms with van der Waals surface area (Å²) in [4.78, 5) is 38.8. The van der Waals surface area contributed by atoms with E-state index in [1.165, 1.54) is 10.6 Å². The molecule has 0 aliphatic carbocycles. The summed E-state index contributed by atoms with van der Waals surface area (Å²) in [5, 5.41) is 26.9. The van der Waals surface area contributed by atoms with Crippen LogP contribution in [-0.2, 0) is 0 Å². The van der Waals surface area contributed by atoms with Crippen LogP contribution in [0.2, 0.25) is 0 Å². The third-order valence-electron chi connectivity index (χ3n) is 6.98. The molecule has 2 aliphatic heterocycles. The Bertz CT molecular complexity index is 1600. The Morgan fingerprint density at radius 3 is 2.71 bits per heavy atom. The number of aromatic hydroxyl groups is 1. The topological polar surface area (TPSA) is 123 Å². The van der Waals surface area contributed by atoms with Gasteiger partial charge in [0.05, 0.1) is 22.7 Å². The quantitative estimate of drug-likeness (QED) is 0.342. The smallest absolute Gasteiger partial charge is 0.336 e. The van der Waals surface area contributed by atoms with Gasteiger partial charge in [0.1, 0.15) is 5.69 Å². The number of likely N-dealkylation sites (tertiary alicyclic amines) is 1. The number of aryl methyl sites for hydroxylation is 1. The molecule has 1 fully saturated rings. The van der Waals surface area contributed by atoms with Gasteiger partial charge in [0.2, 0.25) is 5.88 Å². The van der Waals surface area contributed by atoms with Crippen LogP contribution in [-0.4, -0.2) is 36.6 Å². The standard InChI is InChI=1S/C25H21N5O5/c1-14-9-10-16(11-20(14)30(34)35)26-24(32)27-13-17-12-21(27)22-23(31)29(25(33)28(17)22)19-8-4-6-15-5-2-3-7-18(15)19/h2-11,17,21,31H,12-13H2,1H3,(H,26,32). The number of imidazole rings is 1. The number of carbonyl (C=O) groups is 1. The number of aromatic nitrogens is 2. The molecule has 0 radical (unpaired) electrons. The fourth-order valence-electron chi connectivity index (χ4n) is 5.37. The van der Waals surface area contributed by atoms with Crippen molar-refractivity contribution in [2.24, 2.45) is 0 Å². The molecule has 176 valence electrons. The van der Waals surface area contributed by atoms with E-state index in [4.69, 9.17) is 0 Å². The van der Waals surface area contributed by atoms with Crippen LogP contribution in [0.25, 0.3) is 16.5 Å². The van der Waals surface area contributed by atoms with E-state index in [0.717, 1.165) is 10.8 Å². The number of fused-ring (bicyclic) bond motifs is 6. The zero-order valence-electron chi connectivity index (χ0n) is 18.7. The molecule has 2 bridgehead atoms. The molecule has 1 saturated heterocycles. The van der Waals surface area contributed by atoms with Gasteiger partial charge in [-0.3, -0.25) is 14.7 Å². The molecule has 0 saturated carbocycles. The number of urea groups is 1. The number of carbonyl (C=O) groups excluding carboxylic acids is 1. The number of hydrogen-bond acceptors (Lipinski definition) is 5. The number of benzene rings is 3. The molecule has 2 unspecified atom stereocenters. The number of amides is 2.